The van der Waals surface area contributed by atoms with Gasteiger partial charge in [0, 0.05) is 19.3 Å². The molecule has 1 amide bonds. The Morgan fingerprint density at radius 2 is 2.37 bits per heavy atom. The summed E-state index contributed by atoms with van der Waals surface area (Å²) in [4.78, 5) is 22.3. The molecule has 19 heavy (non-hydrogen) atoms. The average molecular weight is 261 g/mol. The third-order valence-corrected chi connectivity index (χ3v) is 3.42. The summed E-state index contributed by atoms with van der Waals surface area (Å²) < 4.78 is 1.60. The Hall–Kier alpha value is -2.02. The van der Waals surface area contributed by atoms with Crippen LogP contribution in [0.5, 0.6) is 0 Å². The van der Waals surface area contributed by atoms with Crippen LogP contribution in [0.1, 0.15) is 29.4 Å². The fourth-order valence-corrected chi connectivity index (χ4v) is 2.44. The van der Waals surface area contributed by atoms with Crippen LogP contribution in [0.2, 0.25) is 0 Å². The van der Waals surface area contributed by atoms with Gasteiger partial charge in [0.1, 0.15) is 6.33 Å². The Morgan fingerprint density at radius 1 is 1.53 bits per heavy atom. The van der Waals surface area contributed by atoms with E-state index in [1.54, 1.807) is 15.6 Å². The molecule has 1 aliphatic rings. The minimum absolute atomic E-state index is 0.0988. The lowest BCUT2D eigenvalue weighted by molar-refractivity contribution is 0.0762. The first kappa shape index (κ1) is 12.0. The topological polar surface area (TPSA) is 83.6 Å². The summed E-state index contributed by atoms with van der Waals surface area (Å²) in [6.45, 7) is 2.93. The van der Waals surface area contributed by atoms with Crippen molar-refractivity contribution >= 4 is 11.7 Å². The molecule has 3 heterocycles. The smallest absolute Gasteiger partial charge is 0.257 e. The van der Waals surface area contributed by atoms with E-state index in [0.29, 0.717) is 37.3 Å². The summed E-state index contributed by atoms with van der Waals surface area (Å²) in [6.07, 6.45) is 3.86. The van der Waals surface area contributed by atoms with E-state index < -0.39 is 6.10 Å². The van der Waals surface area contributed by atoms with Gasteiger partial charge in [0.05, 0.1) is 17.4 Å². The zero-order chi connectivity index (χ0) is 13.4. The number of nitrogens with zero attached hydrogens (tertiary/aromatic N) is 5. The van der Waals surface area contributed by atoms with E-state index in [4.69, 9.17) is 0 Å². The van der Waals surface area contributed by atoms with Crippen molar-refractivity contribution < 1.29 is 9.90 Å². The Kier molecular flexibility index (Phi) is 2.90. The van der Waals surface area contributed by atoms with Crippen molar-refractivity contribution in [1.82, 2.24) is 24.5 Å². The number of hydrogen-bond acceptors (Lipinski definition) is 5. The molecule has 0 aliphatic carbocycles. The van der Waals surface area contributed by atoms with Crippen molar-refractivity contribution in [2.75, 3.05) is 13.1 Å². The first-order chi connectivity index (χ1) is 9.20. The van der Waals surface area contributed by atoms with Gasteiger partial charge in [0.15, 0.2) is 0 Å². The number of aromatic nitrogens is 4. The van der Waals surface area contributed by atoms with Gasteiger partial charge in [-0.3, -0.25) is 4.79 Å². The largest absolute Gasteiger partial charge is 0.391 e. The number of carbonyl (C=O) groups is 1. The summed E-state index contributed by atoms with van der Waals surface area (Å²) >= 11 is 0. The summed E-state index contributed by atoms with van der Waals surface area (Å²) in [7, 11) is 0. The lowest BCUT2D eigenvalue weighted by Gasteiger charge is -2.17. The van der Waals surface area contributed by atoms with Gasteiger partial charge in [0.2, 0.25) is 0 Å². The maximum absolute atomic E-state index is 12.5. The zero-order valence-corrected chi connectivity index (χ0v) is 10.7. The highest BCUT2D eigenvalue weighted by atomic mass is 16.3. The second kappa shape index (κ2) is 4.58. The van der Waals surface area contributed by atoms with E-state index in [1.165, 1.54) is 6.33 Å². The maximum Gasteiger partial charge on any atom is 0.257 e. The second-order valence-electron chi connectivity index (χ2n) is 4.64. The minimum atomic E-state index is -0.419. The molecule has 1 aliphatic heterocycles. The number of β-amino-alcohol motifs (C(OH)–C–C–N with tert-alkyl or cyclic N) is 1. The molecule has 0 aromatic carbocycles. The van der Waals surface area contributed by atoms with Crippen LogP contribution in [0.25, 0.3) is 5.78 Å². The average Bonchev–Trinajstić information content (AvgIpc) is 3.04. The molecule has 0 unspecified atom stereocenters. The highest BCUT2D eigenvalue weighted by molar-refractivity contribution is 5.95. The van der Waals surface area contributed by atoms with E-state index in [2.05, 4.69) is 15.1 Å². The molecule has 3 rings (SSSR count). The standard InChI is InChI=1S/C12H15N5O2/c1-2-10-9(5-13-12-14-7-15-17(10)12)11(19)16-4-3-8(18)6-16/h5,7-8,18H,2-4,6H2,1H3/t8-/m1/s1. The van der Waals surface area contributed by atoms with Crippen molar-refractivity contribution in [2.45, 2.75) is 25.9 Å². The molecule has 7 heteroatoms. The van der Waals surface area contributed by atoms with E-state index in [9.17, 15) is 9.90 Å². The number of likely N-dealkylation sites (tertiary alicyclic amines) is 1. The van der Waals surface area contributed by atoms with Crippen LogP contribution >= 0.6 is 0 Å². The normalized spacial score (nSPS) is 19.3. The molecule has 2 aromatic heterocycles. The van der Waals surface area contributed by atoms with Gasteiger partial charge in [-0.15, -0.1) is 0 Å². The monoisotopic (exact) mass is 261 g/mol. The van der Waals surface area contributed by atoms with Crippen LogP contribution in [-0.4, -0.2) is 54.7 Å². The van der Waals surface area contributed by atoms with Crippen LogP contribution in [0.15, 0.2) is 12.5 Å². The van der Waals surface area contributed by atoms with Gasteiger partial charge in [-0.2, -0.15) is 10.1 Å². The predicted octanol–water partition coefficient (Wildman–Crippen LogP) is -0.107. The number of carbonyl (C=O) groups excluding carboxylic acids is 1. The Balaban J connectivity index is 2.02. The second-order valence-corrected chi connectivity index (χ2v) is 4.64. The molecule has 1 fully saturated rings. The lowest BCUT2D eigenvalue weighted by atomic mass is 10.1. The van der Waals surface area contributed by atoms with Gasteiger partial charge in [-0.25, -0.2) is 9.50 Å². The number of fused-ring (bicyclic) bond motifs is 1. The summed E-state index contributed by atoms with van der Waals surface area (Å²) in [5, 5.41) is 13.6. The number of aliphatic hydroxyl groups excluding tert-OH is 1. The van der Waals surface area contributed by atoms with Gasteiger partial charge in [-0.05, 0) is 12.8 Å². The van der Waals surface area contributed by atoms with Crippen molar-refractivity contribution in [2.24, 2.45) is 0 Å². The quantitative estimate of drug-likeness (QED) is 0.815. The van der Waals surface area contributed by atoms with E-state index in [0.717, 1.165) is 5.69 Å². The summed E-state index contributed by atoms with van der Waals surface area (Å²) in [5.41, 5.74) is 1.34. The molecule has 2 aromatic rings. The number of hydrogen-bond donors (Lipinski definition) is 1. The van der Waals surface area contributed by atoms with Crippen LogP contribution in [-0.2, 0) is 6.42 Å². The fraction of sp³-hybridized carbons (Fsp3) is 0.500. The zero-order valence-electron chi connectivity index (χ0n) is 10.7. The molecule has 1 atom stereocenters. The SMILES string of the molecule is CCc1c(C(=O)N2CC[C@@H](O)C2)cnc2ncnn12. The first-order valence-corrected chi connectivity index (χ1v) is 6.35. The van der Waals surface area contributed by atoms with E-state index in [-0.39, 0.29) is 5.91 Å². The molecular weight excluding hydrogens is 246 g/mol. The summed E-state index contributed by atoms with van der Waals surface area (Å²) in [6, 6.07) is 0. The highest BCUT2D eigenvalue weighted by Gasteiger charge is 2.27. The Morgan fingerprint density at radius 3 is 3.05 bits per heavy atom. The van der Waals surface area contributed by atoms with Crippen molar-refractivity contribution in [3.63, 3.8) is 0 Å². The fourth-order valence-electron chi connectivity index (χ4n) is 2.44. The predicted molar refractivity (Wildman–Crippen MR) is 66.7 cm³/mol. The van der Waals surface area contributed by atoms with Crippen molar-refractivity contribution in [1.29, 1.82) is 0 Å². The van der Waals surface area contributed by atoms with Gasteiger partial charge in [0.25, 0.3) is 11.7 Å². The molecule has 0 spiro atoms. The van der Waals surface area contributed by atoms with E-state index >= 15 is 0 Å². The summed E-state index contributed by atoms with van der Waals surface area (Å²) in [5.74, 6) is 0.396. The van der Waals surface area contributed by atoms with Crippen LogP contribution in [0.4, 0.5) is 0 Å². The molecule has 0 bridgehead atoms. The number of aryl methyl sites for hydroxylation is 1. The molecule has 100 valence electrons. The van der Waals surface area contributed by atoms with Crippen molar-refractivity contribution in [3.8, 4) is 0 Å². The Bertz CT molecular complexity index is 624. The maximum atomic E-state index is 12.5. The lowest BCUT2D eigenvalue weighted by Crippen LogP contribution is -2.31. The highest BCUT2D eigenvalue weighted by Crippen LogP contribution is 2.16. The van der Waals surface area contributed by atoms with Crippen LogP contribution in [0, 0.1) is 0 Å². The molecular formula is C12H15N5O2. The number of aliphatic hydroxyl groups is 1. The molecule has 1 saturated heterocycles. The van der Waals surface area contributed by atoms with Crippen molar-refractivity contribution in [3.05, 3.63) is 23.8 Å². The Labute approximate surface area is 109 Å². The number of amides is 1. The van der Waals surface area contributed by atoms with Crippen LogP contribution < -0.4 is 0 Å². The first-order valence-electron chi connectivity index (χ1n) is 6.35. The minimum Gasteiger partial charge on any atom is -0.391 e. The molecule has 7 nitrogen and oxygen atoms in total. The van der Waals surface area contributed by atoms with E-state index in [1.807, 2.05) is 6.92 Å². The molecule has 0 radical (unpaired) electrons. The van der Waals surface area contributed by atoms with Gasteiger partial charge < -0.3 is 10.0 Å². The van der Waals surface area contributed by atoms with Crippen LogP contribution in [0.3, 0.4) is 0 Å². The third-order valence-electron chi connectivity index (χ3n) is 3.42. The molecule has 0 saturated carbocycles. The third kappa shape index (κ3) is 1.95. The molecule has 1 N–H and O–H groups in total. The van der Waals surface area contributed by atoms with Gasteiger partial charge >= 0.3 is 0 Å². The van der Waals surface area contributed by atoms with Gasteiger partial charge in [-0.1, -0.05) is 6.92 Å². The number of rotatable bonds is 2.